The molecule has 1 heterocycles. The first-order chi connectivity index (χ1) is 9.83. The molecule has 1 aromatic heterocycles. The van der Waals surface area contributed by atoms with E-state index in [1.165, 1.54) is 6.07 Å². The van der Waals surface area contributed by atoms with Gasteiger partial charge in [0.25, 0.3) is 10.0 Å². The zero-order valence-corrected chi connectivity index (χ0v) is 14.5. The molecule has 0 amide bonds. The van der Waals surface area contributed by atoms with E-state index in [2.05, 4.69) is 20.7 Å². The molecule has 0 bridgehead atoms. The Morgan fingerprint density at radius 1 is 1.38 bits per heavy atom. The molecular formula is C12H11BrClFN2O2S2. The van der Waals surface area contributed by atoms with Crippen molar-refractivity contribution in [2.24, 2.45) is 5.73 Å². The number of hydrogen-bond acceptors (Lipinski definition) is 4. The summed E-state index contributed by atoms with van der Waals surface area (Å²) >= 11 is 10.1. The summed E-state index contributed by atoms with van der Waals surface area (Å²) in [6.07, 6.45) is 0.612. The van der Waals surface area contributed by atoms with Crippen LogP contribution in [-0.2, 0) is 16.4 Å². The number of anilines is 1. The van der Waals surface area contributed by atoms with E-state index in [1.807, 2.05) is 0 Å². The van der Waals surface area contributed by atoms with Gasteiger partial charge in [-0.2, -0.15) is 0 Å². The Morgan fingerprint density at radius 3 is 2.71 bits per heavy atom. The summed E-state index contributed by atoms with van der Waals surface area (Å²) in [5, 5.41) is -0.0239. The third-order valence-electron chi connectivity index (χ3n) is 2.54. The Labute approximate surface area is 139 Å². The van der Waals surface area contributed by atoms with E-state index >= 15 is 0 Å². The molecule has 21 heavy (non-hydrogen) atoms. The van der Waals surface area contributed by atoms with Crippen molar-refractivity contribution in [3.05, 3.63) is 44.5 Å². The van der Waals surface area contributed by atoms with Crippen molar-refractivity contribution in [2.75, 3.05) is 11.3 Å². The van der Waals surface area contributed by atoms with Crippen molar-refractivity contribution in [1.29, 1.82) is 0 Å². The van der Waals surface area contributed by atoms with Crippen LogP contribution >= 0.6 is 38.9 Å². The van der Waals surface area contributed by atoms with Gasteiger partial charge in [0.1, 0.15) is 10.0 Å². The van der Waals surface area contributed by atoms with E-state index in [0.717, 1.165) is 28.3 Å². The molecule has 1 aromatic carbocycles. The van der Waals surface area contributed by atoms with Crippen LogP contribution in [-0.4, -0.2) is 15.0 Å². The molecule has 2 aromatic rings. The van der Waals surface area contributed by atoms with Crippen molar-refractivity contribution >= 4 is 54.6 Å². The van der Waals surface area contributed by atoms with Crippen LogP contribution in [0.2, 0.25) is 5.02 Å². The molecule has 0 aliphatic carbocycles. The highest BCUT2D eigenvalue weighted by atomic mass is 79.9. The minimum Gasteiger partial charge on any atom is -0.330 e. The summed E-state index contributed by atoms with van der Waals surface area (Å²) in [6.45, 7) is 0.447. The second kappa shape index (κ2) is 6.62. The van der Waals surface area contributed by atoms with Gasteiger partial charge in [-0.25, -0.2) is 12.8 Å². The lowest BCUT2D eigenvalue weighted by Gasteiger charge is -2.10. The van der Waals surface area contributed by atoms with Crippen molar-refractivity contribution in [2.45, 2.75) is 10.6 Å². The highest BCUT2D eigenvalue weighted by Gasteiger charge is 2.20. The fourth-order valence-corrected chi connectivity index (χ4v) is 5.16. The van der Waals surface area contributed by atoms with Crippen LogP contribution in [0.4, 0.5) is 10.1 Å². The topological polar surface area (TPSA) is 72.2 Å². The first-order valence-corrected chi connectivity index (χ1v) is 9.26. The van der Waals surface area contributed by atoms with E-state index in [1.54, 1.807) is 6.07 Å². The normalized spacial score (nSPS) is 11.6. The molecule has 0 spiro atoms. The molecule has 2 rings (SSSR count). The molecule has 3 N–H and O–H groups in total. The van der Waals surface area contributed by atoms with Crippen LogP contribution < -0.4 is 10.5 Å². The number of nitrogens with one attached hydrogen (secondary N) is 1. The average Bonchev–Trinajstić information content (AvgIpc) is 2.84. The van der Waals surface area contributed by atoms with Crippen LogP contribution in [0.1, 0.15) is 4.88 Å². The van der Waals surface area contributed by atoms with Gasteiger partial charge in [-0.1, -0.05) is 11.6 Å². The van der Waals surface area contributed by atoms with Gasteiger partial charge in [-0.15, -0.1) is 11.3 Å². The smallest absolute Gasteiger partial charge is 0.271 e. The van der Waals surface area contributed by atoms with E-state index in [4.69, 9.17) is 17.3 Å². The zero-order valence-electron chi connectivity index (χ0n) is 10.6. The van der Waals surface area contributed by atoms with Crippen molar-refractivity contribution in [1.82, 2.24) is 0 Å². The Hall–Kier alpha value is -0.670. The highest BCUT2D eigenvalue weighted by molar-refractivity contribution is 9.10. The van der Waals surface area contributed by atoms with Crippen LogP contribution in [0.5, 0.6) is 0 Å². The second-order valence-corrected chi connectivity index (χ2v) is 8.45. The van der Waals surface area contributed by atoms with Gasteiger partial charge in [0.15, 0.2) is 0 Å². The van der Waals surface area contributed by atoms with Gasteiger partial charge in [0.05, 0.1) is 10.7 Å². The van der Waals surface area contributed by atoms with Crippen molar-refractivity contribution < 1.29 is 12.8 Å². The number of rotatable bonds is 5. The van der Waals surface area contributed by atoms with Crippen LogP contribution in [0.15, 0.2) is 32.9 Å². The number of thiophene rings is 1. The summed E-state index contributed by atoms with van der Waals surface area (Å²) in [5.74, 6) is -0.559. The molecule has 4 nitrogen and oxygen atoms in total. The van der Waals surface area contributed by atoms with Gasteiger partial charge >= 0.3 is 0 Å². The number of hydrogen-bond donors (Lipinski definition) is 2. The predicted molar refractivity (Wildman–Crippen MR) is 87.0 cm³/mol. The second-order valence-electron chi connectivity index (χ2n) is 4.11. The van der Waals surface area contributed by atoms with E-state index in [9.17, 15) is 12.8 Å². The SMILES string of the molecule is NCCc1ccc(S(=O)(=O)Nc2c(Cl)cc(F)cc2Br)s1. The molecule has 0 fully saturated rings. The van der Waals surface area contributed by atoms with Gasteiger partial charge in [0.2, 0.25) is 0 Å². The number of sulfonamides is 1. The van der Waals surface area contributed by atoms with E-state index in [0.29, 0.717) is 13.0 Å². The standard InChI is InChI=1S/C12H11BrClFN2O2S2/c13-9-5-7(15)6-10(14)12(9)17-21(18,19)11-2-1-8(20-11)3-4-16/h1-2,5-6,17H,3-4,16H2. The third-order valence-corrected chi connectivity index (χ3v) is 6.45. The summed E-state index contributed by atoms with van der Waals surface area (Å²) in [6, 6.07) is 5.40. The Morgan fingerprint density at radius 2 is 2.10 bits per heavy atom. The maximum Gasteiger partial charge on any atom is 0.271 e. The maximum atomic E-state index is 13.2. The number of benzene rings is 1. The zero-order chi connectivity index (χ0) is 15.6. The molecule has 0 atom stereocenters. The molecule has 0 aliphatic heterocycles. The van der Waals surface area contributed by atoms with Gasteiger partial charge in [-0.3, -0.25) is 4.72 Å². The lowest BCUT2D eigenvalue weighted by Crippen LogP contribution is -2.12. The molecule has 0 aliphatic rings. The van der Waals surface area contributed by atoms with Gasteiger partial charge < -0.3 is 5.73 Å². The van der Waals surface area contributed by atoms with Crippen molar-refractivity contribution in [3.63, 3.8) is 0 Å². The predicted octanol–water partition coefficient (Wildman–Crippen LogP) is 3.61. The lowest BCUT2D eigenvalue weighted by molar-refractivity contribution is 0.603. The lowest BCUT2D eigenvalue weighted by atomic mass is 10.3. The largest absolute Gasteiger partial charge is 0.330 e. The first-order valence-electron chi connectivity index (χ1n) is 5.79. The summed E-state index contributed by atoms with van der Waals surface area (Å²) in [4.78, 5) is 0.877. The Balaban J connectivity index is 2.33. The summed E-state index contributed by atoms with van der Waals surface area (Å²) < 4.78 is 40.5. The number of halogens is 3. The monoisotopic (exact) mass is 412 g/mol. The van der Waals surface area contributed by atoms with Gasteiger partial charge in [-0.05, 0) is 53.2 Å². The minimum atomic E-state index is -3.78. The molecule has 114 valence electrons. The molecule has 0 saturated heterocycles. The maximum absolute atomic E-state index is 13.2. The fourth-order valence-electron chi connectivity index (χ4n) is 1.60. The molecular weight excluding hydrogens is 403 g/mol. The fraction of sp³-hybridized carbons (Fsp3) is 0.167. The van der Waals surface area contributed by atoms with Gasteiger partial charge in [0, 0.05) is 9.35 Å². The van der Waals surface area contributed by atoms with E-state index < -0.39 is 15.8 Å². The Bertz CT molecular complexity index is 741. The number of nitrogens with two attached hydrogens (primary N) is 1. The van der Waals surface area contributed by atoms with E-state index in [-0.39, 0.29) is 19.4 Å². The summed E-state index contributed by atoms with van der Waals surface area (Å²) in [5.41, 5.74) is 5.54. The molecule has 9 heteroatoms. The van der Waals surface area contributed by atoms with Crippen LogP contribution in [0.3, 0.4) is 0 Å². The van der Waals surface area contributed by atoms with Crippen molar-refractivity contribution in [3.8, 4) is 0 Å². The van der Waals surface area contributed by atoms with Crippen LogP contribution in [0, 0.1) is 5.82 Å². The molecule has 0 unspecified atom stereocenters. The first kappa shape index (κ1) is 16.7. The van der Waals surface area contributed by atoms with Crippen LogP contribution in [0.25, 0.3) is 0 Å². The molecule has 0 radical (unpaired) electrons. The highest BCUT2D eigenvalue weighted by Crippen LogP contribution is 2.34. The summed E-state index contributed by atoms with van der Waals surface area (Å²) in [7, 11) is -3.78. The average molecular weight is 414 g/mol. The quantitative estimate of drug-likeness (QED) is 0.786. The molecule has 0 saturated carbocycles. The third kappa shape index (κ3) is 3.95. The Kier molecular flexibility index (Phi) is 5.26. The minimum absolute atomic E-state index is 0.0239.